The maximum atomic E-state index is 10.9. The Bertz CT molecular complexity index is 396. The average Bonchev–Trinajstić information content (AvgIpc) is 2.30. The van der Waals surface area contributed by atoms with E-state index < -0.39 is 5.91 Å². The first-order valence-electron chi connectivity index (χ1n) is 5.36. The number of amides is 1. The molecule has 0 saturated carbocycles. The molecular weight excluding hydrogens is 240 g/mol. The molecule has 1 aromatic carbocycles. The van der Waals surface area contributed by atoms with E-state index in [0.717, 1.165) is 12.1 Å². The Hall–Kier alpha value is -1.10. The Balaban J connectivity index is 2.57. The molecule has 94 valence electrons. The van der Waals surface area contributed by atoms with E-state index in [-0.39, 0.29) is 6.10 Å². The molecule has 0 aliphatic heterocycles. The van der Waals surface area contributed by atoms with Crippen LogP contribution in [-0.2, 0) is 11.3 Å². The summed E-state index contributed by atoms with van der Waals surface area (Å²) in [4.78, 5) is 10.9. The highest BCUT2D eigenvalue weighted by atomic mass is 35.5. The van der Waals surface area contributed by atoms with Gasteiger partial charge in [-0.15, -0.1) is 0 Å². The van der Waals surface area contributed by atoms with E-state index in [1.807, 2.05) is 6.92 Å². The molecule has 17 heavy (non-hydrogen) atoms. The maximum Gasteiger partial charge on any atom is 0.248 e. The van der Waals surface area contributed by atoms with Crippen LogP contribution < -0.4 is 11.1 Å². The van der Waals surface area contributed by atoms with Gasteiger partial charge in [-0.25, -0.2) is 0 Å². The number of hydrogen-bond donors (Lipinski definition) is 2. The van der Waals surface area contributed by atoms with Gasteiger partial charge in [0.2, 0.25) is 5.91 Å². The number of halogens is 1. The lowest BCUT2D eigenvalue weighted by Gasteiger charge is -2.11. The number of benzene rings is 1. The first kappa shape index (κ1) is 14.0. The van der Waals surface area contributed by atoms with Gasteiger partial charge in [0.1, 0.15) is 0 Å². The van der Waals surface area contributed by atoms with Crippen LogP contribution in [0.25, 0.3) is 0 Å². The summed E-state index contributed by atoms with van der Waals surface area (Å²) in [6, 6.07) is 5.05. The molecule has 3 N–H and O–H groups in total. The molecule has 0 aliphatic rings. The Morgan fingerprint density at radius 3 is 2.82 bits per heavy atom. The molecule has 1 unspecified atom stereocenters. The van der Waals surface area contributed by atoms with Gasteiger partial charge in [0.25, 0.3) is 0 Å². The fourth-order valence-corrected chi connectivity index (χ4v) is 1.58. The van der Waals surface area contributed by atoms with E-state index in [4.69, 9.17) is 22.1 Å². The molecule has 0 saturated heterocycles. The first-order valence-corrected chi connectivity index (χ1v) is 5.74. The molecule has 0 fully saturated rings. The predicted octanol–water partition coefficient (Wildman–Crippen LogP) is 1.56. The number of hydrogen-bond acceptors (Lipinski definition) is 3. The summed E-state index contributed by atoms with van der Waals surface area (Å²) >= 11 is 6.04. The summed E-state index contributed by atoms with van der Waals surface area (Å²) in [6.45, 7) is 3.35. The van der Waals surface area contributed by atoms with Gasteiger partial charge in [-0.1, -0.05) is 17.7 Å². The minimum Gasteiger partial charge on any atom is -0.380 e. The van der Waals surface area contributed by atoms with Crippen LogP contribution in [0.5, 0.6) is 0 Å². The van der Waals surface area contributed by atoms with Crippen LogP contribution in [0.1, 0.15) is 22.8 Å². The minimum absolute atomic E-state index is 0.152. The van der Waals surface area contributed by atoms with Crippen LogP contribution in [0.4, 0.5) is 0 Å². The van der Waals surface area contributed by atoms with E-state index in [1.165, 1.54) is 0 Å². The van der Waals surface area contributed by atoms with Crippen molar-refractivity contribution in [1.29, 1.82) is 0 Å². The monoisotopic (exact) mass is 256 g/mol. The number of carbonyl (C=O) groups excluding carboxylic acids is 1. The molecule has 1 aromatic rings. The van der Waals surface area contributed by atoms with Crippen LogP contribution in [0.2, 0.25) is 5.02 Å². The van der Waals surface area contributed by atoms with Gasteiger partial charge < -0.3 is 15.8 Å². The number of nitrogens with two attached hydrogens (primary N) is 1. The largest absolute Gasteiger partial charge is 0.380 e. The molecule has 0 radical (unpaired) electrons. The Morgan fingerprint density at radius 1 is 1.59 bits per heavy atom. The lowest BCUT2D eigenvalue weighted by Crippen LogP contribution is -2.25. The van der Waals surface area contributed by atoms with Gasteiger partial charge in [0.15, 0.2) is 0 Å². The van der Waals surface area contributed by atoms with Crippen molar-refractivity contribution in [2.75, 3.05) is 13.7 Å². The first-order chi connectivity index (χ1) is 8.04. The smallest absolute Gasteiger partial charge is 0.248 e. The summed E-state index contributed by atoms with van der Waals surface area (Å²) in [5, 5.41) is 3.76. The normalized spacial score (nSPS) is 12.4. The van der Waals surface area contributed by atoms with Crippen molar-refractivity contribution in [3.05, 3.63) is 34.3 Å². The number of methoxy groups -OCH3 is 1. The number of carbonyl (C=O) groups is 1. The molecule has 0 aliphatic carbocycles. The molecule has 1 amide bonds. The lowest BCUT2D eigenvalue weighted by atomic mass is 10.1. The van der Waals surface area contributed by atoms with Crippen molar-refractivity contribution in [3.63, 3.8) is 0 Å². The van der Waals surface area contributed by atoms with Crippen molar-refractivity contribution in [3.8, 4) is 0 Å². The second-order valence-corrected chi connectivity index (χ2v) is 4.25. The number of primary amides is 1. The van der Waals surface area contributed by atoms with Crippen molar-refractivity contribution >= 4 is 17.5 Å². The zero-order chi connectivity index (χ0) is 12.8. The topological polar surface area (TPSA) is 64.3 Å². The van der Waals surface area contributed by atoms with Gasteiger partial charge in [0.05, 0.1) is 6.10 Å². The zero-order valence-corrected chi connectivity index (χ0v) is 10.8. The molecule has 0 aromatic heterocycles. The molecule has 1 rings (SSSR count). The van der Waals surface area contributed by atoms with Crippen LogP contribution in [-0.4, -0.2) is 25.7 Å². The summed E-state index contributed by atoms with van der Waals surface area (Å²) in [7, 11) is 1.67. The SMILES string of the molecule is COC(C)CNCc1ccc(C(N)=O)cc1Cl. The van der Waals surface area contributed by atoms with Gasteiger partial charge in [-0.3, -0.25) is 4.79 Å². The van der Waals surface area contributed by atoms with Crippen LogP contribution in [0.3, 0.4) is 0 Å². The maximum absolute atomic E-state index is 10.9. The molecule has 1 atom stereocenters. The van der Waals surface area contributed by atoms with E-state index >= 15 is 0 Å². The van der Waals surface area contributed by atoms with E-state index in [0.29, 0.717) is 17.1 Å². The average molecular weight is 257 g/mol. The van der Waals surface area contributed by atoms with Crippen molar-refractivity contribution in [1.82, 2.24) is 5.32 Å². The molecular formula is C12H17ClN2O2. The Morgan fingerprint density at radius 2 is 2.29 bits per heavy atom. The van der Waals surface area contributed by atoms with Crippen molar-refractivity contribution in [2.45, 2.75) is 19.6 Å². The van der Waals surface area contributed by atoms with E-state index in [9.17, 15) is 4.79 Å². The molecule has 0 spiro atoms. The number of rotatable bonds is 6. The summed E-state index contributed by atoms with van der Waals surface area (Å²) in [6.07, 6.45) is 0.152. The van der Waals surface area contributed by atoms with Crippen LogP contribution in [0, 0.1) is 0 Å². The predicted molar refractivity (Wildman–Crippen MR) is 68.1 cm³/mol. The number of ether oxygens (including phenoxy) is 1. The van der Waals surface area contributed by atoms with Gasteiger partial charge in [-0.05, 0) is 24.6 Å². The fourth-order valence-electron chi connectivity index (χ4n) is 1.34. The van der Waals surface area contributed by atoms with Gasteiger partial charge in [0, 0.05) is 30.8 Å². The summed E-state index contributed by atoms with van der Waals surface area (Å²) in [5.74, 6) is -0.473. The van der Waals surface area contributed by atoms with Crippen LogP contribution in [0.15, 0.2) is 18.2 Å². The van der Waals surface area contributed by atoms with Gasteiger partial charge in [-0.2, -0.15) is 0 Å². The Labute approximate surface area is 106 Å². The van der Waals surface area contributed by atoms with E-state index in [2.05, 4.69) is 5.32 Å². The summed E-state index contributed by atoms with van der Waals surface area (Å²) in [5.41, 5.74) is 6.51. The second kappa shape index (κ2) is 6.59. The standard InChI is InChI=1S/C12H17ClN2O2/c1-8(17-2)6-15-7-10-4-3-9(12(14)16)5-11(10)13/h3-5,8,15H,6-7H2,1-2H3,(H2,14,16). The fraction of sp³-hybridized carbons (Fsp3) is 0.417. The van der Waals surface area contributed by atoms with Crippen molar-refractivity contribution in [2.24, 2.45) is 5.73 Å². The number of nitrogens with one attached hydrogen (secondary N) is 1. The third-order valence-corrected chi connectivity index (χ3v) is 2.84. The quantitative estimate of drug-likeness (QED) is 0.812. The minimum atomic E-state index is -0.473. The highest BCUT2D eigenvalue weighted by Gasteiger charge is 2.06. The molecule has 4 nitrogen and oxygen atoms in total. The highest BCUT2D eigenvalue weighted by molar-refractivity contribution is 6.31. The zero-order valence-electron chi connectivity index (χ0n) is 10.00. The molecule has 0 bridgehead atoms. The highest BCUT2D eigenvalue weighted by Crippen LogP contribution is 2.17. The lowest BCUT2D eigenvalue weighted by molar-refractivity contribution is 0.100. The van der Waals surface area contributed by atoms with E-state index in [1.54, 1.807) is 25.3 Å². The molecule has 5 heteroatoms. The third kappa shape index (κ3) is 4.34. The van der Waals surface area contributed by atoms with Crippen molar-refractivity contribution < 1.29 is 9.53 Å². The van der Waals surface area contributed by atoms with Gasteiger partial charge >= 0.3 is 0 Å². The third-order valence-electron chi connectivity index (χ3n) is 2.49. The Kier molecular flexibility index (Phi) is 5.41. The molecule has 0 heterocycles. The van der Waals surface area contributed by atoms with Crippen LogP contribution >= 0.6 is 11.6 Å². The second-order valence-electron chi connectivity index (χ2n) is 3.85. The summed E-state index contributed by atoms with van der Waals surface area (Å²) < 4.78 is 5.11.